The number of hydrogen-bond acceptors (Lipinski definition) is 4. The van der Waals surface area contributed by atoms with Crippen LogP contribution in [0.5, 0.6) is 5.75 Å². The van der Waals surface area contributed by atoms with Gasteiger partial charge in [0.2, 0.25) is 0 Å². The van der Waals surface area contributed by atoms with E-state index in [0.29, 0.717) is 12.2 Å². The summed E-state index contributed by atoms with van der Waals surface area (Å²) in [6, 6.07) is 11.5. The molecule has 0 aliphatic heterocycles. The first-order chi connectivity index (χ1) is 12.6. The number of nitro groups is 1. The molecular weight excluding hydrogens is 368 g/mol. The van der Waals surface area contributed by atoms with Gasteiger partial charge < -0.3 is 10.1 Å². The van der Waals surface area contributed by atoms with Crippen molar-refractivity contribution in [1.82, 2.24) is 0 Å². The minimum absolute atomic E-state index is 0.0266. The topological polar surface area (TPSA) is 81.5 Å². The molecule has 0 saturated heterocycles. The Bertz CT molecular complexity index is 829. The highest BCUT2D eigenvalue weighted by Crippen LogP contribution is 2.28. The van der Waals surface area contributed by atoms with E-state index < -0.39 is 16.9 Å². The molecule has 0 bridgehead atoms. The first kappa shape index (κ1) is 20.7. The Labute approximate surface area is 163 Å². The number of carbonyl (C=O) groups is 1. The van der Waals surface area contributed by atoms with E-state index >= 15 is 0 Å². The molecule has 1 amide bonds. The molecule has 0 aromatic heterocycles. The normalized spacial score (nSPS) is 12.3. The molecule has 2 aromatic carbocycles. The van der Waals surface area contributed by atoms with Gasteiger partial charge in [-0.05, 0) is 35.6 Å². The lowest BCUT2D eigenvalue weighted by atomic mass is 9.87. The van der Waals surface area contributed by atoms with E-state index in [1.807, 2.05) is 31.2 Å². The van der Waals surface area contributed by atoms with Crippen LogP contribution in [0.4, 0.5) is 11.4 Å². The number of carbonyl (C=O) groups excluding carboxylic acids is 1. The number of nitro benzene ring substituents is 1. The first-order valence-electron chi connectivity index (χ1n) is 8.64. The number of anilines is 1. The molecule has 1 atom stereocenters. The minimum atomic E-state index is -0.749. The fourth-order valence-corrected chi connectivity index (χ4v) is 2.62. The zero-order valence-electron chi connectivity index (χ0n) is 15.8. The average molecular weight is 391 g/mol. The third-order valence-electron chi connectivity index (χ3n) is 4.08. The van der Waals surface area contributed by atoms with Crippen molar-refractivity contribution in [2.24, 2.45) is 0 Å². The molecule has 1 N–H and O–H groups in total. The highest BCUT2D eigenvalue weighted by molar-refractivity contribution is 6.33. The van der Waals surface area contributed by atoms with Crippen molar-refractivity contribution < 1.29 is 14.5 Å². The number of non-ortho nitro benzene ring substituents is 1. The molecule has 2 aromatic rings. The number of hydrogen-bond donors (Lipinski definition) is 1. The minimum Gasteiger partial charge on any atom is -0.481 e. The number of benzene rings is 2. The maximum atomic E-state index is 12.5. The van der Waals surface area contributed by atoms with Crippen LogP contribution >= 0.6 is 11.6 Å². The smallest absolute Gasteiger partial charge is 0.271 e. The molecule has 0 saturated carbocycles. The van der Waals surface area contributed by atoms with E-state index in [9.17, 15) is 14.9 Å². The molecule has 0 aliphatic rings. The molecule has 6 nitrogen and oxygen atoms in total. The second-order valence-corrected chi connectivity index (χ2v) is 7.61. The van der Waals surface area contributed by atoms with Gasteiger partial charge in [-0.25, -0.2) is 0 Å². The summed E-state index contributed by atoms with van der Waals surface area (Å²) >= 11 is 6.04. The maximum Gasteiger partial charge on any atom is 0.271 e. The number of rotatable bonds is 6. The number of ether oxygens (including phenoxy) is 1. The molecule has 0 unspecified atom stereocenters. The molecule has 144 valence electrons. The maximum absolute atomic E-state index is 12.5. The zero-order chi connectivity index (χ0) is 20.2. The lowest BCUT2D eigenvalue weighted by molar-refractivity contribution is -0.384. The molecule has 7 heteroatoms. The van der Waals surface area contributed by atoms with Crippen LogP contribution in [0.15, 0.2) is 42.5 Å². The number of amides is 1. The Hall–Kier alpha value is -2.60. The van der Waals surface area contributed by atoms with Gasteiger partial charge in [0.25, 0.3) is 11.6 Å². The Morgan fingerprint density at radius 3 is 2.37 bits per heavy atom. The Morgan fingerprint density at radius 1 is 1.22 bits per heavy atom. The van der Waals surface area contributed by atoms with Gasteiger partial charge in [-0.3, -0.25) is 14.9 Å². The van der Waals surface area contributed by atoms with Gasteiger partial charge >= 0.3 is 0 Å². The van der Waals surface area contributed by atoms with Crippen LogP contribution < -0.4 is 10.1 Å². The summed E-state index contributed by atoms with van der Waals surface area (Å²) in [6.07, 6.45) is -0.319. The van der Waals surface area contributed by atoms with Crippen molar-refractivity contribution in [1.29, 1.82) is 0 Å². The summed E-state index contributed by atoms with van der Waals surface area (Å²) < 4.78 is 5.79. The van der Waals surface area contributed by atoms with E-state index in [1.165, 1.54) is 18.2 Å². The van der Waals surface area contributed by atoms with Crippen LogP contribution in [0.3, 0.4) is 0 Å². The Kier molecular flexibility index (Phi) is 6.44. The standard InChI is InChI=1S/C20H23ClN2O4/c1-5-18(27-15-9-6-13(7-10-15)20(2,3)4)19(24)22-17-12-14(23(25)26)8-11-16(17)21/h6-12,18H,5H2,1-4H3,(H,22,24)/t18-/m1/s1. The lowest BCUT2D eigenvalue weighted by Crippen LogP contribution is -2.32. The number of nitrogens with one attached hydrogen (secondary N) is 1. The summed E-state index contributed by atoms with van der Waals surface area (Å²) in [5, 5.41) is 13.7. The van der Waals surface area contributed by atoms with Gasteiger partial charge in [0, 0.05) is 12.1 Å². The predicted octanol–water partition coefficient (Wildman–Crippen LogP) is 5.34. The first-order valence-corrected chi connectivity index (χ1v) is 9.01. The van der Waals surface area contributed by atoms with Gasteiger partial charge in [0.05, 0.1) is 15.6 Å². The molecule has 0 radical (unpaired) electrons. The fourth-order valence-electron chi connectivity index (χ4n) is 2.46. The molecule has 2 rings (SSSR count). The van der Waals surface area contributed by atoms with Gasteiger partial charge in [-0.2, -0.15) is 0 Å². The van der Waals surface area contributed by atoms with E-state index in [4.69, 9.17) is 16.3 Å². The second kappa shape index (κ2) is 8.39. The molecular formula is C20H23ClN2O4. The zero-order valence-corrected chi connectivity index (χ0v) is 16.5. The Balaban J connectivity index is 2.12. The molecule has 0 aliphatic carbocycles. The fraction of sp³-hybridized carbons (Fsp3) is 0.350. The van der Waals surface area contributed by atoms with Gasteiger partial charge in [0.15, 0.2) is 6.10 Å². The number of nitrogens with zero attached hydrogens (tertiary/aromatic N) is 1. The molecule has 27 heavy (non-hydrogen) atoms. The largest absolute Gasteiger partial charge is 0.481 e. The van der Waals surface area contributed by atoms with Crippen LogP contribution in [-0.4, -0.2) is 16.9 Å². The molecule has 0 spiro atoms. The highest BCUT2D eigenvalue weighted by Gasteiger charge is 2.21. The summed E-state index contributed by atoms with van der Waals surface area (Å²) in [6.45, 7) is 8.18. The van der Waals surface area contributed by atoms with Crippen LogP contribution in [0.25, 0.3) is 0 Å². The quantitative estimate of drug-likeness (QED) is 0.533. The molecule has 0 fully saturated rings. The van der Waals surface area contributed by atoms with Crippen molar-refractivity contribution in [3.63, 3.8) is 0 Å². The lowest BCUT2D eigenvalue weighted by Gasteiger charge is -2.21. The second-order valence-electron chi connectivity index (χ2n) is 7.20. The van der Waals surface area contributed by atoms with E-state index in [-0.39, 0.29) is 21.8 Å². The van der Waals surface area contributed by atoms with Crippen LogP contribution in [0.1, 0.15) is 39.7 Å². The van der Waals surface area contributed by atoms with Crippen molar-refractivity contribution in [2.45, 2.75) is 45.6 Å². The van der Waals surface area contributed by atoms with Crippen molar-refractivity contribution in [3.8, 4) is 5.75 Å². The Morgan fingerprint density at radius 2 is 1.85 bits per heavy atom. The van der Waals surface area contributed by atoms with Crippen molar-refractivity contribution in [2.75, 3.05) is 5.32 Å². The SMILES string of the molecule is CC[C@@H](Oc1ccc(C(C)(C)C)cc1)C(=O)Nc1cc([N+](=O)[O-])ccc1Cl. The van der Waals surface area contributed by atoms with E-state index in [2.05, 4.69) is 26.1 Å². The molecule has 0 heterocycles. The average Bonchev–Trinajstić information content (AvgIpc) is 2.60. The summed E-state index contributed by atoms with van der Waals surface area (Å²) in [5.41, 5.74) is 1.22. The van der Waals surface area contributed by atoms with Crippen LogP contribution in [0, 0.1) is 10.1 Å². The third kappa shape index (κ3) is 5.44. The van der Waals surface area contributed by atoms with E-state index in [0.717, 1.165) is 5.56 Å². The van der Waals surface area contributed by atoms with Crippen LogP contribution in [-0.2, 0) is 10.2 Å². The summed E-state index contributed by atoms with van der Waals surface area (Å²) in [7, 11) is 0. The van der Waals surface area contributed by atoms with Crippen LogP contribution in [0.2, 0.25) is 5.02 Å². The van der Waals surface area contributed by atoms with Crippen molar-refractivity contribution >= 4 is 28.9 Å². The monoisotopic (exact) mass is 390 g/mol. The predicted molar refractivity (Wildman–Crippen MR) is 107 cm³/mol. The van der Waals surface area contributed by atoms with Gasteiger partial charge in [0.1, 0.15) is 5.75 Å². The summed E-state index contributed by atoms with van der Waals surface area (Å²) in [5.74, 6) is 0.162. The van der Waals surface area contributed by atoms with Gasteiger partial charge in [-0.1, -0.05) is 51.4 Å². The third-order valence-corrected chi connectivity index (χ3v) is 4.41. The number of halogens is 1. The summed E-state index contributed by atoms with van der Waals surface area (Å²) in [4.78, 5) is 22.9. The van der Waals surface area contributed by atoms with Crippen molar-refractivity contribution in [3.05, 3.63) is 63.2 Å². The van der Waals surface area contributed by atoms with Gasteiger partial charge in [-0.15, -0.1) is 0 Å². The van der Waals surface area contributed by atoms with E-state index in [1.54, 1.807) is 0 Å². The highest BCUT2D eigenvalue weighted by atomic mass is 35.5.